The second-order valence-corrected chi connectivity index (χ2v) is 15.1. The normalized spacial score (nSPS) is 11.6. The smallest absolute Gasteiger partial charge is 0.136 e. The monoisotopic (exact) mass is 719 g/mol. The Labute approximate surface area is 322 Å². The Bertz CT molecular complexity index is 3190. The zero-order valence-corrected chi connectivity index (χ0v) is 30.6. The standard InChI is InChI=1S/C52H33NOS/c1-3-13-35(14-4-1)39-31-32-47(42-18-8-7-17-41(39)42)53(38-28-25-34(26-29-38)37-27-30-44-43-19-9-10-24-49(43)54-50(44)33-37)48-23-12-22-46-45-21-11-20-40(51(45)55-52(46)48)36-15-5-2-6-16-36/h1-33H. The van der Waals surface area contributed by atoms with Crippen LogP contribution in [-0.2, 0) is 0 Å². The first-order valence-corrected chi connectivity index (χ1v) is 19.5. The molecular formula is C52H33NOS. The Morgan fingerprint density at radius 1 is 0.327 bits per heavy atom. The van der Waals surface area contributed by atoms with Crippen molar-refractivity contribution in [2.45, 2.75) is 0 Å². The average Bonchev–Trinajstić information content (AvgIpc) is 3.83. The Morgan fingerprint density at radius 2 is 0.927 bits per heavy atom. The lowest BCUT2D eigenvalue weighted by molar-refractivity contribution is 0.669. The minimum absolute atomic E-state index is 0.903. The van der Waals surface area contributed by atoms with Crippen molar-refractivity contribution in [1.29, 1.82) is 0 Å². The highest BCUT2D eigenvalue weighted by Gasteiger charge is 2.22. The summed E-state index contributed by atoms with van der Waals surface area (Å²) >= 11 is 1.88. The number of hydrogen-bond acceptors (Lipinski definition) is 3. The maximum absolute atomic E-state index is 6.27. The second kappa shape index (κ2) is 12.9. The molecule has 0 aliphatic heterocycles. The van der Waals surface area contributed by atoms with Crippen LogP contribution in [0, 0.1) is 0 Å². The summed E-state index contributed by atoms with van der Waals surface area (Å²) in [6.07, 6.45) is 0. The molecule has 0 amide bonds. The molecule has 0 spiro atoms. The van der Waals surface area contributed by atoms with Crippen molar-refractivity contribution in [3.05, 3.63) is 200 Å². The number of rotatable bonds is 6. The molecule has 55 heavy (non-hydrogen) atoms. The number of para-hydroxylation sites is 1. The topological polar surface area (TPSA) is 16.4 Å². The van der Waals surface area contributed by atoms with Crippen LogP contribution in [-0.4, -0.2) is 0 Å². The van der Waals surface area contributed by atoms with Crippen LogP contribution in [0.4, 0.5) is 17.1 Å². The van der Waals surface area contributed by atoms with Crippen LogP contribution in [0.25, 0.3) is 86.3 Å². The molecule has 0 fully saturated rings. The average molecular weight is 720 g/mol. The molecule has 0 unspecified atom stereocenters. The number of hydrogen-bond donors (Lipinski definition) is 0. The maximum atomic E-state index is 6.27. The summed E-state index contributed by atoms with van der Waals surface area (Å²) in [5.41, 5.74) is 12.4. The van der Waals surface area contributed by atoms with Gasteiger partial charge in [-0.05, 0) is 81.2 Å². The highest BCUT2D eigenvalue weighted by Crippen LogP contribution is 2.49. The quantitative estimate of drug-likeness (QED) is 0.170. The number of anilines is 3. The number of benzene rings is 9. The van der Waals surface area contributed by atoms with E-state index in [1.54, 1.807) is 0 Å². The summed E-state index contributed by atoms with van der Waals surface area (Å²) in [5.74, 6) is 0. The Kier molecular flexibility index (Phi) is 7.39. The number of furan rings is 1. The molecule has 2 nitrogen and oxygen atoms in total. The molecule has 9 aromatic carbocycles. The first-order chi connectivity index (χ1) is 27.3. The molecule has 2 aromatic heterocycles. The molecule has 11 rings (SSSR count). The molecule has 0 saturated heterocycles. The van der Waals surface area contributed by atoms with Crippen molar-refractivity contribution in [3.8, 4) is 33.4 Å². The fourth-order valence-electron chi connectivity index (χ4n) is 8.29. The highest BCUT2D eigenvalue weighted by atomic mass is 32.1. The van der Waals surface area contributed by atoms with E-state index in [4.69, 9.17) is 4.42 Å². The van der Waals surface area contributed by atoms with Gasteiger partial charge in [-0.25, -0.2) is 0 Å². The van der Waals surface area contributed by atoms with E-state index in [-0.39, 0.29) is 0 Å². The lowest BCUT2D eigenvalue weighted by atomic mass is 9.96. The highest BCUT2D eigenvalue weighted by molar-refractivity contribution is 7.27. The molecule has 0 radical (unpaired) electrons. The summed E-state index contributed by atoms with van der Waals surface area (Å²) in [4.78, 5) is 2.46. The van der Waals surface area contributed by atoms with Crippen LogP contribution in [0.15, 0.2) is 205 Å². The van der Waals surface area contributed by atoms with Crippen LogP contribution in [0.3, 0.4) is 0 Å². The summed E-state index contributed by atoms with van der Waals surface area (Å²) < 4.78 is 8.83. The summed E-state index contributed by atoms with van der Waals surface area (Å²) in [6, 6.07) is 72.2. The van der Waals surface area contributed by atoms with Gasteiger partial charge >= 0.3 is 0 Å². The fraction of sp³-hybridized carbons (Fsp3) is 0. The summed E-state index contributed by atoms with van der Waals surface area (Å²) in [5, 5.41) is 7.25. The number of fused-ring (bicyclic) bond motifs is 7. The molecule has 0 bridgehead atoms. The van der Waals surface area contributed by atoms with E-state index in [1.165, 1.54) is 53.2 Å². The van der Waals surface area contributed by atoms with Crippen LogP contribution in [0.2, 0.25) is 0 Å². The second-order valence-electron chi connectivity index (χ2n) is 14.0. The lowest BCUT2D eigenvalue weighted by Gasteiger charge is -2.28. The minimum Gasteiger partial charge on any atom is -0.456 e. The number of thiophene rings is 1. The zero-order valence-electron chi connectivity index (χ0n) is 29.8. The summed E-state index contributed by atoms with van der Waals surface area (Å²) in [6.45, 7) is 0. The predicted molar refractivity (Wildman–Crippen MR) is 235 cm³/mol. The summed E-state index contributed by atoms with van der Waals surface area (Å²) in [7, 11) is 0. The first-order valence-electron chi connectivity index (χ1n) is 18.7. The van der Waals surface area contributed by atoms with E-state index in [1.807, 2.05) is 23.5 Å². The Morgan fingerprint density at radius 3 is 1.71 bits per heavy atom. The largest absolute Gasteiger partial charge is 0.456 e. The molecule has 3 heteroatoms. The maximum Gasteiger partial charge on any atom is 0.136 e. The van der Waals surface area contributed by atoms with Gasteiger partial charge in [0.2, 0.25) is 0 Å². The van der Waals surface area contributed by atoms with Gasteiger partial charge in [0, 0.05) is 37.3 Å². The van der Waals surface area contributed by atoms with E-state index in [0.717, 1.165) is 50.1 Å². The van der Waals surface area contributed by atoms with Gasteiger partial charge < -0.3 is 9.32 Å². The predicted octanol–water partition coefficient (Wildman–Crippen LogP) is 15.6. The molecule has 0 saturated carbocycles. The third-order valence-corrected chi connectivity index (χ3v) is 12.2. The van der Waals surface area contributed by atoms with Crippen molar-refractivity contribution >= 4 is 81.3 Å². The number of nitrogens with zero attached hydrogens (tertiary/aromatic N) is 1. The lowest BCUT2D eigenvalue weighted by Crippen LogP contribution is -2.10. The van der Waals surface area contributed by atoms with Gasteiger partial charge in [0.1, 0.15) is 11.2 Å². The SMILES string of the molecule is c1ccc(-c2ccc(N(c3ccc(-c4ccc5c(c4)oc4ccccc45)cc3)c3cccc4c3sc3c(-c5ccccc5)cccc34)c3ccccc23)cc1. The Hall–Kier alpha value is -6.94. The van der Waals surface area contributed by atoms with Crippen molar-refractivity contribution in [1.82, 2.24) is 0 Å². The molecule has 0 atom stereocenters. The molecule has 11 aromatic rings. The molecule has 0 N–H and O–H groups in total. The van der Waals surface area contributed by atoms with Crippen LogP contribution < -0.4 is 4.90 Å². The Balaban J connectivity index is 1.12. The van der Waals surface area contributed by atoms with E-state index in [2.05, 4.69) is 193 Å². The van der Waals surface area contributed by atoms with Gasteiger partial charge in [0.15, 0.2) is 0 Å². The van der Waals surface area contributed by atoms with Gasteiger partial charge in [-0.15, -0.1) is 11.3 Å². The van der Waals surface area contributed by atoms with Gasteiger partial charge in [-0.1, -0.05) is 158 Å². The van der Waals surface area contributed by atoms with Crippen molar-refractivity contribution in [2.24, 2.45) is 0 Å². The molecule has 0 aliphatic rings. The molecular weight excluding hydrogens is 687 g/mol. The molecule has 0 aliphatic carbocycles. The van der Waals surface area contributed by atoms with Gasteiger partial charge in [0.05, 0.1) is 16.1 Å². The molecule has 2 heterocycles. The van der Waals surface area contributed by atoms with Gasteiger partial charge in [0.25, 0.3) is 0 Å². The van der Waals surface area contributed by atoms with Gasteiger partial charge in [-0.2, -0.15) is 0 Å². The van der Waals surface area contributed by atoms with E-state index in [0.29, 0.717) is 0 Å². The fourth-order valence-corrected chi connectivity index (χ4v) is 9.63. The molecule has 258 valence electrons. The van der Waals surface area contributed by atoms with Crippen LogP contribution in [0.1, 0.15) is 0 Å². The zero-order chi connectivity index (χ0) is 36.3. The van der Waals surface area contributed by atoms with Crippen molar-refractivity contribution < 1.29 is 4.42 Å². The van der Waals surface area contributed by atoms with Crippen LogP contribution >= 0.6 is 11.3 Å². The third kappa shape index (κ3) is 5.24. The van der Waals surface area contributed by atoms with Gasteiger partial charge in [-0.3, -0.25) is 0 Å². The van der Waals surface area contributed by atoms with E-state index in [9.17, 15) is 0 Å². The third-order valence-electron chi connectivity index (χ3n) is 10.9. The van der Waals surface area contributed by atoms with E-state index >= 15 is 0 Å². The van der Waals surface area contributed by atoms with Crippen LogP contribution in [0.5, 0.6) is 0 Å². The van der Waals surface area contributed by atoms with Crippen molar-refractivity contribution in [2.75, 3.05) is 4.90 Å². The first kappa shape index (κ1) is 31.6. The van der Waals surface area contributed by atoms with E-state index < -0.39 is 0 Å². The van der Waals surface area contributed by atoms with Crippen molar-refractivity contribution in [3.63, 3.8) is 0 Å². The minimum atomic E-state index is 0.903.